The highest BCUT2D eigenvalue weighted by Gasteiger charge is 2.35. The Morgan fingerprint density at radius 3 is 2.00 bits per heavy atom. The molecular formula is C10H24O2Si. The average Bonchev–Trinajstić information content (AvgIpc) is 1.96. The van der Waals surface area contributed by atoms with E-state index in [0.29, 0.717) is 11.6 Å². The molecule has 0 saturated carbocycles. The molecule has 0 aliphatic heterocycles. The fourth-order valence-electron chi connectivity index (χ4n) is 0.686. The van der Waals surface area contributed by atoms with Crippen LogP contribution in [0.2, 0.25) is 18.1 Å². The molecule has 0 heterocycles. The SMILES string of the molecule is COCCOC[Si](C)(C)C(C)(C)C. The van der Waals surface area contributed by atoms with E-state index in [4.69, 9.17) is 9.47 Å². The third-order valence-electron chi connectivity index (χ3n) is 2.93. The van der Waals surface area contributed by atoms with Crippen LogP contribution in [0.4, 0.5) is 0 Å². The average molecular weight is 204 g/mol. The second-order valence-electron chi connectivity index (χ2n) is 5.18. The molecule has 0 saturated heterocycles. The predicted octanol–water partition coefficient (Wildman–Crippen LogP) is 2.70. The highest BCUT2D eigenvalue weighted by Crippen LogP contribution is 2.35. The standard InChI is InChI=1S/C10H24O2Si/c1-10(2,3)13(5,6)9-12-8-7-11-4/h7-9H2,1-6H3. The van der Waals surface area contributed by atoms with Crippen LogP contribution in [0.25, 0.3) is 0 Å². The second-order valence-corrected chi connectivity index (χ2v) is 10.7. The van der Waals surface area contributed by atoms with Crippen LogP contribution in [0.3, 0.4) is 0 Å². The quantitative estimate of drug-likeness (QED) is 0.506. The molecule has 0 fully saturated rings. The molecule has 0 aromatic carbocycles. The van der Waals surface area contributed by atoms with Crippen LogP contribution in [-0.4, -0.2) is 34.6 Å². The van der Waals surface area contributed by atoms with E-state index in [2.05, 4.69) is 33.9 Å². The minimum Gasteiger partial charge on any atom is -0.382 e. The van der Waals surface area contributed by atoms with Crippen LogP contribution in [0, 0.1) is 0 Å². The minimum absolute atomic E-state index is 0.417. The lowest BCUT2D eigenvalue weighted by Crippen LogP contribution is -2.42. The van der Waals surface area contributed by atoms with Gasteiger partial charge in [-0.2, -0.15) is 0 Å². The van der Waals surface area contributed by atoms with Gasteiger partial charge in [-0.15, -0.1) is 0 Å². The van der Waals surface area contributed by atoms with Gasteiger partial charge in [0.05, 0.1) is 21.3 Å². The summed E-state index contributed by atoms with van der Waals surface area (Å²) in [6, 6.07) is 0. The fourth-order valence-corrected chi connectivity index (χ4v) is 1.77. The first-order valence-electron chi connectivity index (χ1n) is 4.88. The zero-order valence-corrected chi connectivity index (χ0v) is 10.9. The van der Waals surface area contributed by atoms with Gasteiger partial charge < -0.3 is 9.47 Å². The number of rotatable bonds is 5. The van der Waals surface area contributed by atoms with Crippen molar-refractivity contribution in [3.63, 3.8) is 0 Å². The Hall–Kier alpha value is 0.137. The Morgan fingerprint density at radius 1 is 1.08 bits per heavy atom. The van der Waals surface area contributed by atoms with Crippen molar-refractivity contribution < 1.29 is 9.47 Å². The fraction of sp³-hybridized carbons (Fsp3) is 1.00. The van der Waals surface area contributed by atoms with Crippen LogP contribution in [-0.2, 0) is 9.47 Å². The number of hydrogen-bond donors (Lipinski definition) is 0. The van der Waals surface area contributed by atoms with Crippen LogP contribution in [0.15, 0.2) is 0 Å². The van der Waals surface area contributed by atoms with E-state index >= 15 is 0 Å². The third kappa shape index (κ3) is 4.79. The molecule has 0 amide bonds. The molecule has 0 aromatic heterocycles. The molecular weight excluding hydrogens is 180 g/mol. The Bertz CT molecular complexity index is 138. The summed E-state index contributed by atoms with van der Waals surface area (Å²) in [4.78, 5) is 0. The van der Waals surface area contributed by atoms with Crippen molar-refractivity contribution in [3.8, 4) is 0 Å². The van der Waals surface area contributed by atoms with E-state index in [9.17, 15) is 0 Å². The molecule has 80 valence electrons. The topological polar surface area (TPSA) is 18.5 Å². The van der Waals surface area contributed by atoms with E-state index in [1.165, 1.54) is 0 Å². The zero-order chi connectivity index (χ0) is 10.5. The number of methoxy groups -OCH3 is 1. The molecule has 0 aromatic rings. The molecule has 0 N–H and O–H groups in total. The number of ether oxygens (including phenoxy) is 2. The molecule has 0 aliphatic rings. The van der Waals surface area contributed by atoms with Gasteiger partial charge in [0.25, 0.3) is 0 Å². The van der Waals surface area contributed by atoms with E-state index in [1.54, 1.807) is 7.11 Å². The lowest BCUT2D eigenvalue weighted by molar-refractivity contribution is 0.0896. The van der Waals surface area contributed by atoms with Gasteiger partial charge in [0.1, 0.15) is 0 Å². The lowest BCUT2D eigenvalue weighted by Gasteiger charge is -2.36. The normalized spacial score (nSPS) is 13.4. The van der Waals surface area contributed by atoms with Gasteiger partial charge in [-0.25, -0.2) is 0 Å². The predicted molar refractivity (Wildman–Crippen MR) is 59.9 cm³/mol. The van der Waals surface area contributed by atoms with Crippen molar-refractivity contribution in [2.75, 3.05) is 26.6 Å². The van der Waals surface area contributed by atoms with Gasteiger partial charge in [-0.1, -0.05) is 33.9 Å². The molecule has 0 spiro atoms. The van der Waals surface area contributed by atoms with Crippen molar-refractivity contribution in [2.45, 2.75) is 38.9 Å². The first-order chi connectivity index (χ1) is 5.81. The van der Waals surface area contributed by atoms with Crippen molar-refractivity contribution in [1.29, 1.82) is 0 Å². The first-order valence-corrected chi connectivity index (χ1v) is 8.08. The molecule has 3 heteroatoms. The molecule has 0 aliphatic carbocycles. The largest absolute Gasteiger partial charge is 0.382 e. The van der Waals surface area contributed by atoms with Gasteiger partial charge in [-0.3, -0.25) is 0 Å². The summed E-state index contributed by atoms with van der Waals surface area (Å²) in [5.74, 6) is 0. The molecule has 0 unspecified atom stereocenters. The Kier molecular flexibility index (Phi) is 5.18. The summed E-state index contributed by atoms with van der Waals surface area (Å²) in [5, 5.41) is 0.417. The monoisotopic (exact) mass is 204 g/mol. The van der Waals surface area contributed by atoms with Crippen molar-refractivity contribution in [3.05, 3.63) is 0 Å². The van der Waals surface area contributed by atoms with Crippen LogP contribution in [0.1, 0.15) is 20.8 Å². The summed E-state index contributed by atoms with van der Waals surface area (Å²) in [5.41, 5.74) is 0. The maximum Gasteiger partial charge on any atom is 0.0829 e. The third-order valence-corrected chi connectivity index (χ3v) is 7.91. The highest BCUT2D eigenvalue weighted by molar-refractivity contribution is 6.80. The minimum atomic E-state index is -1.23. The van der Waals surface area contributed by atoms with Crippen molar-refractivity contribution >= 4 is 8.07 Å². The zero-order valence-electron chi connectivity index (χ0n) is 9.94. The summed E-state index contributed by atoms with van der Waals surface area (Å²) < 4.78 is 10.5. The van der Waals surface area contributed by atoms with E-state index in [-0.39, 0.29) is 0 Å². The second kappa shape index (κ2) is 5.13. The van der Waals surface area contributed by atoms with Crippen LogP contribution in [0.5, 0.6) is 0 Å². The Morgan fingerprint density at radius 2 is 1.62 bits per heavy atom. The summed E-state index contributed by atoms with van der Waals surface area (Å²) in [6.07, 6.45) is 0.930. The molecule has 0 bridgehead atoms. The van der Waals surface area contributed by atoms with Gasteiger partial charge in [0.2, 0.25) is 0 Å². The molecule has 0 atom stereocenters. The number of hydrogen-bond acceptors (Lipinski definition) is 2. The summed E-state index contributed by atoms with van der Waals surface area (Å²) in [7, 11) is 0.471. The smallest absolute Gasteiger partial charge is 0.0829 e. The summed E-state index contributed by atoms with van der Waals surface area (Å²) in [6.45, 7) is 13.1. The van der Waals surface area contributed by atoms with Gasteiger partial charge in [-0.05, 0) is 5.04 Å². The van der Waals surface area contributed by atoms with Crippen molar-refractivity contribution in [1.82, 2.24) is 0 Å². The van der Waals surface area contributed by atoms with Gasteiger partial charge >= 0.3 is 0 Å². The first kappa shape index (κ1) is 13.1. The Balaban J connectivity index is 3.77. The van der Waals surface area contributed by atoms with Crippen molar-refractivity contribution in [2.24, 2.45) is 0 Å². The molecule has 13 heavy (non-hydrogen) atoms. The maximum atomic E-state index is 5.60. The lowest BCUT2D eigenvalue weighted by atomic mass is 10.2. The molecule has 0 rings (SSSR count). The summed E-state index contributed by atoms with van der Waals surface area (Å²) >= 11 is 0. The van der Waals surface area contributed by atoms with E-state index in [0.717, 1.165) is 12.8 Å². The maximum absolute atomic E-state index is 5.60. The van der Waals surface area contributed by atoms with Gasteiger partial charge in [0, 0.05) is 13.3 Å². The molecule has 0 radical (unpaired) electrons. The van der Waals surface area contributed by atoms with Gasteiger partial charge in [0.15, 0.2) is 0 Å². The highest BCUT2D eigenvalue weighted by atomic mass is 28.3. The van der Waals surface area contributed by atoms with Crippen LogP contribution >= 0.6 is 0 Å². The Labute approximate surface area is 83.6 Å². The van der Waals surface area contributed by atoms with E-state index in [1.807, 2.05) is 0 Å². The molecule has 2 nitrogen and oxygen atoms in total. The van der Waals surface area contributed by atoms with E-state index < -0.39 is 8.07 Å². The van der Waals surface area contributed by atoms with Crippen LogP contribution < -0.4 is 0 Å².